The molecule has 2 rings (SSSR count). The molecule has 0 fully saturated rings. The molecule has 1 heterocycles. The second-order valence-corrected chi connectivity index (χ2v) is 4.47. The van der Waals surface area contributed by atoms with Crippen LogP contribution in [0.15, 0.2) is 35.8 Å². The molecule has 1 aromatic carbocycles. The first-order valence-electron chi connectivity index (χ1n) is 5.16. The maximum absolute atomic E-state index is 10.9. The molecule has 0 unspecified atom stereocenters. The summed E-state index contributed by atoms with van der Waals surface area (Å²) in [7, 11) is 0. The van der Waals surface area contributed by atoms with Crippen LogP contribution >= 0.6 is 11.3 Å². The lowest BCUT2D eigenvalue weighted by atomic mass is 10.1. The predicted octanol–water partition coefficient (Wildman–Crippen LogP) is 3.01. The third-order valence-corrected chi connectivity index (χ3v) is 3.17. The molecule has 0 spiro atoms. The fraction of sp³-hybridized carbons (Fsp3) is 0.167. The van der Waals surface area contributed by atoms with Crippen molar-refractivity contribution < 1.29 is 9.90 Å². The van der Waals surface area contributed by atoms with Crippen molar-refractivity contribution in [2.75, 3.05) is 5.32 Å². The van der Waals surface area contributed by atoms with E-state index in [2.05, 4.69) is 10.3 Å². The zero-order valence-corrected chi connectivity index (χ0v) is 10.1. The quantitative estimate of drug-likeness (QED) is 0.873. The molecule has 0 saturated carbocycles. The third kappa shape index (κ3) is 2.62. The van der Waals surface area contributed by atoms with Gasteiger partial charge in [-0.2, -0.15) is 0 Å². The monoisotopic (exact) mass is 248 g/mol. The molecule has 88 valence electrons. The molecule has 1 atom stereocenters. The maximum atomic E-state index is 10.9. The summed E-state index contributed by atoms with van der Waals surface area (Å²) >= 11 is 1.30. The Morgan fingerprint density at radius 2 is 2.12 bits per heavy atom. The summed E-state index contributed by atoms with van der Waals surface area (Å²) in [5.41, 5.74) is 2.72. The number of hydrogen-bond acceptors (Lipinski definition) is 4. The van der Waals surface area contributed by atoms with E-state index in [0.29, 0.717) is 5.00 Å². The Hall–Kier alpha value is -1.88. The van der Waals surface area contributed by atoms with E-state index < -0.39 is 5.97 Å². The van der Waals surface area contributed by atoms with Gasteiger partial charge in [-0.1, -0.05) is 30.3 Å². The maximum Gasteiger partial charge on any atom is 0.357 e. The minimum absolute atomic E-state index is 0.0507. The van der Waals surface area contributed by atoms with Gasteiger partial charge in [-0.15, -0.1) is 11.3 Å². The minimum atomic E-state index is -1.01. The molecule has 0 aliphatic carbocycles. The molecule has 1 aromatic heterocycles. The Morgan fingerprint density at radius 1 is 1.41 bits per heavy atom. The van der Waals surface area contributed by atoms with Crippen LogP contribution in [0.25, 0.3) is 0 Å². The number of rotatable bonds is 4. The van der Waals surface area contributed by atoms with Crippen LogP contribution in [0.1, 0.15) is 29.0 Å². The van der Waals surface area contributed by atoms with Gasteiger partial charge < -0.3 is 10.4 Å². The number of carboxylic acids is 1. The highest BCUT2D eigenvalue weighted by molar-refractivity contribution is 7.14. The Balaban J connectivity index is 2.16. The molecule has 17 heavy (non-hydrogen) atoms. The van der Waals surface area contributed by atoms with E-state index in [-0.39, 0.29) is 11.7 Å². The average Bonchev–Trinajstić information content (AvgIpc) is 2.78. The van der Waals surface area contributed by atoms with Gasteiger partial charge >= 0.3 is 5.97 Å². The number of thiazole rings is 1. The highest BCUT2D eigenvalue weighted by atomic mass is 32.1. The van der Waals surface area contributed by atoms with Gasteiger partial charge in [0.15, 0.2) is 5.69 Å². The molecule has 0 radical (unpaired) electrons. The topological polar surface area (TPSA) is 62.2 Å². The molecular weight excluding hydrogens is 236 g/mol. The first-order valence-corrected chi connectivity index (χ1v) is 6.04. The molecule has 4 nitrogen and oxygen atoms in total. The third-order valence-electron chi connectivity index (χ3n) is 2.42. The number of nitrogens with one attached hydrogen (secondary N) is 1. The number of anilines is 1. The summed E-state index contributed by atoms with van der Waals surface area (Å²) in [6.07, 6.45) is 0. The van der Waals surface area contributed by atoms with Crippen LogP contribution < -0.4 is 5.32 Å². The lowest BCUT2D eigenvalue weighted by Crippen LogP contribution is -2.09. The minimum Gasteiger partial charge on any atom is -0.476 e. The van der Waals surface area contributed by atoms with E-state index in [1.165, 1.54) is 16.8 Å². The smallest absolute Gasteiger partial charge is 0.357 e. The van der Waals surface area contributed by atoms with Gasteiger partial charge in [0.1, 0.15) is 5.00 Å². The summed E-state index contributed by atoms with van der Waals surface area (Å²) in [6, 6.07) is 9.91. The van der Waals surface area contributed by atoms with Crippen LogP contribution in [-0.4, -0.2) is 16.1 Å². The van der Waals surface area contributed by atoms with E-state index in [0.717, 1.165) is 5.56 Å². The van der Waals surface area contributed by atoms with Crippen LogP contribution in [0.4, 0.5) is 5.00 Å². The Morgan fingerprint density at radius 3 is 2.76 bits per heavy atom. The van der Waals surface area contributed by atoms with Crippen LogP contribution in [0.2, 0.25) is 0 Å². The van der Waals surface area contributed by atoms with E-state index in [1.54, 1.807) is 0 Å². The second kappa shape index (κ2) is 4.97. The van der Waals surface area contributed by atoms with Crippen LogP contribution in [0.3, 0.4) is 0 Å². The Bertz CT molecular complexity index is 510. The van der Waals surface area contributed by atoms with Crippen molar-refractivity contribution in [3.8, 4) is 0 Å². The lowest BCUT2D eigenvalue weighted by molar-refractivity contribution is 0.0692. The van der Waals surface area contributed by atoms with E-state index in [1.807, 2.05) is 37.3 Å². The number of carbonyl (C=O) groups is 1. The highest BCUT2D eigenvalue weighted by Gasteiger charge is 2.15. The van der Waals surface area contributed by atoms with Crippen LogP contribution in [0, 0.1) is 0 Å². The van der Waals surface area contributed by atoms with E-state index in [9.17, 15) is 4.79 Å². The van der Waals surface area contributed by atoms with Crippen molar-refractivity contribution in [3.05, 3.63) is 47.1 Å². The van der Waals surface area contributed by atoms with Crippen molar-refractivity contribution in [2.45, 2.75) is 13.0 Å². The summed E-state index contributed by atoms with van der Waals surface area (Å²) in [6.45, 7) is 1.99. The van der Waals surface area contributed by atoms with Gasteiger partial charge in [-0.05, 0) is 12.5 Å². The van der Waals surface area contributed by atoms with Gasteiger partial charge in [0.25, 0.3) is 0 Å². The largest absolute Gasteiger partial charge is 0.476 e. The summed E-state index contributed by atoms with van der Waals surface area (Å²) in [4.78, 5) is 14.7. The zero-order valence-electron chi connectivity index (χ0n) is 9.25. The van der Waals surface area contributed by atoms with E-state index in [4.69, 9.17) is 5.11 Å². The van der Waals surface area contributed by atoms with Crippen molar-refractivity contribution in [3.63, 3.8) is 0 Å². The number of aromatic nitrogens is 1. The van der Waals surface area contributed by atoms with Gasteiger partial charge in [-0.3, -0.25) is 0 Å². The lowest BCUT2D eigenvalue weighted by Gasteiger charge is -2.14. The summed E-state index contributed by atoms with van der Waals surface area (Å²) in [5, 5.41) is 12.7. The fourth-order valence-corrected chi connectivity index (χ4v) is 2.28. The Kier molecular flexibility index (Phi) is 3.39. The standard InChI is InChI=1S/C12H12N2O2S/c1-8(9-5-3-2-4-6-9)14-11-10(12(15)16)13-7-17-11/h2-8,14H,1H3,(H,15,16)/t8-/m0/s1. The second-order valence-electron chi connectivity index (χ2n) is 3.61. The average molecular weight is 248 g/mol. The van der Waals surface area contributed by atoms with Gasteiger partial charge in [0.05, 0.1) is 5.51 Å². The molecule has 0 bridgehead atoms. The van der Waals surface area contributed by atoms with Crippen LogP contribution in [0.5, 0.6) is 0 Å². The number of nitrogens with zero attached hydrogens (tertiary/aromatic N) is 1. The zero-order chi connectivity index (χ0) is 12.3. The van der Waals surface area contributed by atoms with Gasteiger partial charge in [-0.25, -0.2) is 9.78 Å². The molecule has 2 aromatic rings. The summed E-state index contributed by atoms with van der Waals surface area (Å²) < 4.78 is 0. The van der Waals surface area contributed by atoms with Gasteiger partial charge in [0.2, 0.25) is 0 Å². The highest BCUT2D eigenvalue weighted by Crippen LogP contribution is 2.25. The number of aromatic carboxylic acids is 1. The normalized spacial score (nSPS) is 12.1. The molecule has 0 aliphatic heterocycles. The van der Waals surface area contributed by atoms with Crippen molar-refractivity contribution in [2.24, 2.45) is 0 Å². The molecule has 2 N–H and O–H groups in total. The van der Waals surface area contributed by atoms with E-state index >= 15 is 0 Å². The molecular formula is C12H12N2O2S. The molecule has 0 aliphatic rings. The predicted molar refractivity (Wildman–Crippen MR) is 67.6 cm³/mol. The first-order chi connectivity index (χ1) is 8.18. The number of benzene rings is 1. The number of carboxylic acid groups (broad SMARTS) is 1. The molecule has 5 heteroatoms. The van der Waals surface area contributed by atoms with Crippen molar-refractivity contribution >= 4 is 22.3 Å². The fourth-order valence-electron chi connectivity index (χ4n) is 1.52. The Labute approximate surface area is 103 Å². The van der Waals surface area contributed by atoms with Crippen LogP contribution in [-0.2, 0) is 0 Å². The molecule has 0 amide bonds. The van der Waals surface area contributed by atoms with Gasteiger partial charge in [0, 0.05) is 6.04 Å². The molecule has 0 saturated heterocycles. The number of hydrogen-bond donors (Lipinski definition) is 2. The summed E-state index contributed by atoms with van der Waals surface area (Å²) in [5.74, 6) is -1.01. The first kappa shape index (κ1) is 11.6. The van der Waals surface area contributed by atoms with Crippen molar-refractivity contribution in [1.82, 2.24) is 4.98 Å². The van der Waals surface area contributed by atoms with Crippen molar-refractivity contribution in [1.29, 1.82) is 0 Å². The SMILES string of the molecule is C[C@H](Nc1scnc1C(=O)O)c1ccccc1.